The lowest BCUT2D eigenvalue weighted by Crippen LogP contribution is -2.44. The molecule has 3 heteroatoms. The number of nitrogens with zero attached hydrogens (tertiary/aromatic N) is 2. The first-order valence-corrected chi connectivity index (χ1v) is 7.98. The summed E-state index contributed by atoms with van der Waals surface area (Å²) in [5.41, 5.74) is 7.69. The lowest BCUT2D eigenvalue weighted by molar-refractivity contribution is 0.0877. The van der Waals surface area contributed by atoms with E-state index < -0.39 is 0 Å². The van der Waals surface area contributed by atoms with Crippen molar-refractivity contribution < 1.29 is 0 Å². The number of hydrogen-bond acceptors (Lipinski definition) is 3. The third kappa shape index (κ3) is 3.22. The van der Waals surface area contributed by atoms with E-state index in [1.807, 2.05) is 0 Å². The highest BCUT2D eigenvalue weighted by Crippen LogP contribution is 2.39. The van der Waals surface area contributed by atoms with Crippen LogP contribution in [0.15, 0.2) is 30.3 Å². The van der Waals surface area contributed by atoms with Crippen LogP contribution in [-0.4, -0.2) is 49.1 Å². The van der Waals surface area contributed by atoms with Gasteiger partial charge in [-0.25, -0.2) is 0 Å². The Balaban J connectivity index is 1.59. The minimum Gasteiger partial charge on any atom is -0.329 e. The predicted octanol–water partition coefficient (Wildman–Crippen LogP) is 1.93. The van der Waals surface area contributed by atoms with Crippen molar-refractivity contribution in [3.8, 4) is 0 Å². The Bertz CT molecular complexity index is 420. The van der Waals surface area contributed by atoms with Crippen molar-refractivity contribution in [3.05, 3.63) is 35.9 Å². The average Bonchev–Trinajstić information content (AvgIpc) is 2.83. The molecule has 3 nitrogen and oxygen atoms in total. The van der Waals surface area contributed by atoms with Gasteiger partial charge in [0, 0.05) is 32.7 Å². The summed E-state index contributed by atoms with van der Waals surface area (Å²) in [6.45, 7) is 8.01. The smallest absolute Gasteiger partial charge is 0.0233 e. The Labute approximate surface area is 122 Å². The molecule has 110 valence electrons. The molecule has 1 aromatic carbocycles. The molecule has 0 amide bonds. The summed E-state index contributed by atoms with van der Waals surface area (Å²) in [5.74, 6) is 0. The Kier molecular flexibility index (Phi) is 4.39. The number of piperidine rings is 1. The van der Waals surface area contributed by atoms with Crippen LogP contribution in [0.5, 0.6) is 0 Å². The van der Waals surface area contributed by atoms with E-state index in [1.54, 1.807) is 0 Å². The molecule has 1 unspecified atom stereocenters. The fourth-order valence-corrected chi connectivity index (χ4v) is 4.02. The van der Waals surface area contributed by atoms with Crippen molar-refractivity contribution in [3.63, 3.8) is 0 Å². The van der Waals surface area contributed by atoms with E-state index in [1.165, 1.54) is 51.0 Å². The largest absolute Gasteiger partial charge is 0.329 e. The van der Waals surface area contributed by atoms with Gasteiger partial charge in [-0.15, -0.1) is 0 Å². The van der Waals surface area contributed by atoms with E-state index in [-0.39, 0.29) is 0 Å². The van der Waals surface area contributed by atoms with Crippen molar-refractivity contribution >= 4 is 0 Å². The molecule has 3 rings (SSSR count). The highest BCUT2D eigenvalue weighted by atomic mass is 15.2. The molecule has 0 aliphatic carbocycles. The summed E-state index contributed by atoms with van der Waals surface area (Å²) in [6.07, 6.45) is 4.11. The van der Waals surface area contributed by atoms with Crippen molar-refractivity contribution in [2.45, 2.75) is 25.8 Å². The quantitative estimate of drug-likeness (QED) is 0.910. The maximum atomic E-state index is 5.70. The molecule has 0 radical (unpaired) electrons. The first-order chi connectivity index (χ1) is 9.80. The fraction of sp³-hybridized carbons (Fsp3) is 0.647. The van der Waals surface area contributed by atoms with Gasteiger partial charge in [-0.2, -0.15) is 0 Å². The van der Waals surface area contributed by atoms with Gasteiger partial charge in [0.25, 0.3) is 0 Å². The van der Waals surface area contributed by atoms with E-state index in [2.05, 4.69) is 40.1 Å². The maximum Gasteiger partial charge on any atom is 0.0233 e. The standard InChI is InChI=1S/C17H27N3/c18-9-12-19-11-8-17(14-19)7-4-10-20(15-17)13-16-5-2-1-3-6-16/h1-3,5-6H,4,7-15,18H2. The van der Waals surface area contributed by atoms with Crippen molar-refractivity contribution in [2.24, 2.45) is 11.1 Å². The maximum absolute atomic E-state index is 5.70. The molecule has 2 N–H and O–H groups in total. The van der Waals surface area contributed by atoms with Gasteiger partial charge in [0.2, 0.25) is 0 Å². The number of hydrogen-bond donors (Lipinski definition) is 1. The molecule has 20 heavy (non-hydrogen) atoms. The van der Waals surface area contributed by atoms with Gasteiger partial charge < -0.3 is 10.6 Å². The SMILES string of the molecule is NCCN1CCC2(CCCN(Cc3ccccc3)C2)C1. The van der Waals surface area contributed by atoms with E-state index >= 15 is 0 Å². The molecule has 2 aliphatic heterocycles. The second-order valence-corrected chi connectivity index (χ2v) is 6.61. The van der Waals surface area contributed by atoms with E-state index in [0.717, 1.165) is 19.6 Å². The topological polar surface area (TPSA) is 32.5 Å². The van der Waals surface area contributed by atoms with Gasteiger partial charge in [0.05, 0.1) is 0 Å². The average molecular weight is 273 g/mol. The van der Waals surface area contributed by atoms with Crippen molar-refractivity contribution in [1.29, 1.82) is 0 Å². The molecule has 2 heterocycles. The third-order valence-electron chi connectivity index (χ3n) is 4.95. The van der Waals surface area contributed by atoms with Crippen LogP contribution in [-0.2, 0) is 6.54 Å². The molecule has 0 bridgehead atoms. The molecule has 1 aromatic rings. The lowest BCUT2D eigenvalue weighted by atomic mass is 9.79. The summed E-state index contributed by atoms with van der Waals surface area (Å²) >= 11 is 0. The Hall–Kier alpha value is -0.900. The number of rotatable bonds is 4. The Morgan fingerprint density at radius 1 is 1.00 bits per heavy atom. The zero-order chi connectivity index (χ0) is 13.8. The second kappa shape index (κ2) is 6.25. The van der Waals surface area contributed by atoms with Gasteiger partial charge in [-0.1, -0.05) is 30.3 Å². The normalized spacial score (nSPS) is 28.2. The van der Waals surface area contributed by atoms with Gasteiger partial charge in [-0.3, -0.25) is 4.90 Å². The molecule has 0 aromatic heterocycles. The molecule has 2 aliphatic rings. The molecule has 1 spiro atoms. The molecular formula is C17H27N3. The van der Waals surface area contributed by atoms with Crippen LogP contribution < -0.4 is 5.73 Å². The van der Waals surface area contributed by atoms with Gasteiger partial charge in [0.1, 0.15) is 0 Å². The van der Waals surface area contributed by atoms with Gasteiger partial charge in [-0.05, 0) is 43.3 Å². The number of likely N-dealkylation sites (tertiary alicyclic amines) is 2. The van der Waals surface area contributed by atoms with Crippen LogP contribution in [0.25, 0.3) is 0 Å². The molecule has 2 saturated heterocycles. The zero-order valence-electron chi connectivity index (χ0n) is 12.4. The first kappa shape index (κ1) is 14.1. The monoisotopic (exact) mass is 273 g/mol. The predicted molar refractivity (Wildman–Crippen MR) is 83.5 cm³/mol. The second-order valence-electron chi connectivity index (χ2n) is 6.61. The highest BCUT2D eigenvalue weighted by Gasteiger charge is 2.40. The third-order valence-corrected chi connectivity index (χ3v) is 4.95. The van der Waals surface area contributed by atoms with Crippen LogP contribution >= 0.6 is 0 Å². The molecular weight excluding hydrogens is 246 g/mol. The summed E-state index contributed by atoms with van der Waals surface area (Å²) in [7, 11) is 0. The number of benzene rings is 1. The summed E-state index contributed by atoms with van der Waals surface area (Å²) in [4.78, 5) is 5.22. The minimum absolute atomic E-state index is 0.544. The van der Waals surface area contributed by atoms with Crippen LogP contribution in [0.3, 0.4) is 0 Å². The van der Waals surface area contributed by atoms with Crippen molar-refractivity contribution in [2.75, 3.05) is 39.3 Å². The van der Waals surface area contributed by atoms with Crippen LogP contribution in [0, 0.1) is 5.41 Å². The zero-order valence-corrected chi connectivity index (χ0v) is 12.4. The van der Waals surface area contributed by atoms with E-state index in [9.17, 15) is 0 Å². The molecule has 2 fully saturated rings. The van der Waals surface area contributed by atoms with Crippen LogP contribution in [0.4, 0.5) is 0 Å². The highest BCUT2D eigenvalue weighted by molar-refractivity contribution is 5.14. The van der Waals surface area contributed by atoms with Crippen LogP contribution in [0.1, 0.15) is 24.8 Å². The Morgan fingerprint density at radius 2 is 1.80 bits per heavy atom. The molecule has 0 saturated carbocycles. The molecule has 1 atom stereocenters. The van der Waals surface area contributed by atoms with E-state index in [0.29, 0.717) is 5.41 Å². The first-order valence-electron chi connectivity index (χ1n) is 7.98. The minimum atomic E-state index is 0.544. The Morgan fingerprint density at radius 3 is 2.60 bits per heavy atom. The van der Waals surface area contributed by atoms with Gasteiger partial charge in [0.15, 0.2) is 0 Å². The van der Waals surface area contributed by atoms with Gasteiger partial charge >= 0.3 is 0 Å². The van der Waals surface area contributed by atoms with Crippen LogP contribution in [0.2, 0.25) is 0 Å². The fourth-order valence-electron chi connectivity index (χ4n) is 4.02. The summed E-state index contributed by atoms with van der Waals surface area (Å²) in [6, 6.07) is 10.9. The van der Waals surface area contributed by atoms with E-state index in [4.69, 9.17) is 5.73 Å². The lowest BCUT2D eigenvalue weighted by Gasteiger charge is -2.40. The summed E-state index contributed by atoms with van der Waals surface area (Å²) in [5, 5.41) is 0. The number of nitrogens with two attached hydrogens (primary N) is 1. The summed E-state index contributed by atoms with van der Waals surface area (Å²) < 4.78 is 0. The van der Waals surface area contributed by atoms with Crippen molar-refractivity contribution in [1.82, 2.24) is 9.80 Å².